The van der Waals surface area contributed by atoms with Crippen LogP contribution in [0.5, 0.6) is 0 Å². The normalized spacial score (nSPS) is 13.0. The zero-order chi connectivity index (χ0) is 14.1. The Morgan fingerprint density at radius 2 is 1.74 bits per heavy atom. The van der Waals surface area contributed by atoms with Crippen LogP contribution >= 0.6 is 0 Å². The molecule has 0 aliphatic carbocycles. The average Bonchev–Trinajstić information content (AvgIpc) is 2.49. The van der Waals surface area contributed by atoms with Crippen molar-refractivity contribution in [3.63, 3.8) is 0 Å². The summed E-state index contributed by atoms with van der Waals surface area (Å²) in [5.74, 6) is 0. The third-order valence-electron chi connectivity index (χ3n) is 3.10. The Balaban J connectivity index is 2.55. The van der Waals surface area contributed by atoms with E-state index in [1.54, 1.807) is 21.3 Å². The number of nitrogens with one attached hydrogen (secondary N) is 1. The fourth-order valence-corrected chi connectivity index (χ4v) is 3.66. The molecule has 1 aromatic carbocycles. The summed E-state index contributed by atoms with van der Waals surface area (Å²) >= 11 is 0. The van der Waals surface area contributed by atoms with E-state index in [4.69, 9.17) is 13.3 Å². The average molecular weight is 281 g/mol. The van der Waals surface area contributed by atoms with E-state index in [9.17, 15) is 0 Å². The molecule has 0 saturated heterocycles. The molecule has 0 spiro atoms. The molecular weight excluding hydrogens is 258 g/mol. The van der Waals surface area contributed by atoms with Gasteiger partial charge in [-0.25, -0.2) is 0 Å². The highest BCUT2D eigenvalue weighted by Crippen LogP contribution is 2.19. The molecule has 1 N–H and O–H groups in total. The Hall–Kier alpha value is -1.14. The van der Waals surface area contributed by atoms with Crippen LogP contribution in [0.15, 0.2) is 43.0 Å². The second-order valence-electron chi connectivity index (χ2n) is 4.19. The van der Waals surface area contributed by atoms with Gasteiger partial charge in [-0.05, 0) is 18.6 Å². The first-order valence-electron chi connectivity index (χ1n) is 6.29. The molecule has 0 aliphatic heterocycles. The highest BCUT2D eigenvalue weighted by atomic mass is 28.4. The van der Waals surface area contributed by atoms with E-state index >= 15 is 0 Å². The lowest BCUT2D eigenvalue weighted by atomic mass is 10.2. The number of rotatable bonds is 9. The second-order valence-corrected chi connectivity index (χ2v) is 7.28. The van der Waals surface area contributed by atoms with Crippen molar-refractivity contribution in [2.45, 2.75) is 18.5 Å². The van der Waals surface area contributed by atoms with Crippen molar-refractivity contribution in [2.75, 3.05) is 26.6 Å². The molecule has 0 radical (unpaired) electrons. The van der Waals surface area contributed by atoms with E-state index in [1.165, 1.54) is 0 Å². The summed E-state index contributed by atoms with van der Waals surface area (Å²) < 4.78 is 16.2. The van der Waals surface area contributed by atoms with E-state index < -0.39 is 8.80 Å². The van der Waals surface area contributed by atoms with Gasteiger partial charge < -0.3 is 18.6 Å². The summed E-state index contributed by atoms with van der Waals surface area (Å²) in [7, 11) is 2.39. The lowest BCUT2D eigenvalue weighted by Gasteiger charge is -2.26. The molecule has 106 valence electrons. The lowest BCUT2D eigenvalue weighted by molar-refractivity contribution is 0.123. The van der Waals surface area contributed by atoms with E-state index in [1.807, 2.05) is 36.4 Å². The molecule has 0 aliphatic rings. The summed E-state index contributed by atoms with van der Waals surface area (Å²) in [4.78, 5) is 0. The van der Waals surface area contributed by atoms with Gasteiger partial charge >= 0.3 is 8.80 Å². The Morgan fingerprint density at radius 1 is 1.16 bits per heavy atom. The first kappa shape index (κ1) is 15.9. The smallest absolute Gasteiger partial charge is 0.379 e. The Kier molecular flexibility index (Phi) is 6.79. The van der Waals surface area contributed by atoms with Crippen molar-refractivity contribution >= 4 is 14.5 Å². The SMILES string of the molecule is C=CC(CC[Si](OC)(OC)OC)Nc1ccccc1. The van der Waals surface area contributed by atoms with Crippen molar-refractivity contribution in [2.24, 2.45) is 0 Å². The van der Waals surface area contributed by atoms with Crippen LogP contribution in [0, 0.1) is 0 Å². The van der Waals surface area contributed by atoms with Gasteiger partial charge in [0.15, 0.2) is 0 Å². The largest absolute Gasteiger partial charge is 0.500 e. The fourth-order valence-electron chi connectivity index (χ4n) is 1.89. The quantitative estimate of drug-likeness (QED) is 0.558. The summed E-state index contributed by atoms with van der Waals surface area (Å²) in [6, 6.07) is 11.0. The predicted octanol–water partition coefficient (Wildman–Crippen LogP) is 2.92. The second kappa shape index (κ2) is 8.11. The zero-order valence-electron chi connectivity index (χ0n) is 11.9. The zero-order valence-corrected chi connectivity index (χ0v) is 12.9. The number of anilines is 1. The fraction of sp³-hybridized carbons (Fsp3) is 0.429. The van der Waals surface area contributed by atoms with Gasteiger partial charge in [-0.3, -0.25) is 0 Å². The van der Waals surface area contributed by atoms with Gasteiger partial charge in [0.05, 0.1) is 0 Å². The van der Waals surface area contributed by atoms with Gasteiger partial charge in [0.1, 0.15) is 0 Å². The van der Waals surface area contributed by atoms with E-state index in [0.29, 0.717) is 0 Å². The summed E-state index contributed by atoms with van der Waals surface area (Å²) in [6.45, 7) is 3.87. The van der Waals surface area contributed by atoms with Crippen LogP contribution in [0.1, 0.15) is 6.42 Å². The Labute approximate surface area is 116 Å². The minimum atomic E-state index is -2.50. The standard InChI is InChI=1S/C14H23NO3Si/c1-5-13(15-14-9-7-6-8-10-14)11-12-19(16-2,17-3)18-4/h5-10,13,15H,1,11-12H2,2-4H3. The van der Waals surface area contributed by atoms with Crippen LogP contribution in [0.4, 0.5) is 5.69 Å². The molecule has 5 heteroatoms. The first-order valence-corrected chi connectivity index (χ1v) is 8.22. The van der Waals surface area contributed by atoms with Crippen LogP contribution in [-0.4, -0.2) is 36.2 Å². The molecular formula is C14H23NO3Si. The van der Waals surface area contributed by atoms with Crippen molar-refractivity contribution in [1.82, 2.24) is 0 Å². The summed E-state index contributed by atoms with van der Waals surface area (Å²) in [6.07, 6.45) is 2.74. The Bertz CT molecular complexity index is 360. The molecule has 0 fully saturated rings. The maximum absolute atomic E-state index is 5.41. The molecule has 19 heavy (non-hydrogen) atoms. The molecule has 1 rings (SSSR count). The lowest BCUT2D eigenvalue weighted by Crippen LogP contribution is -2.43. The molecule has 0 amide bonds. The molecule has 0 heterocycles. The van der Waals surface area contributed by atoms with E-state index in [-0.39, 0.29) is 6.04 Å². The first-order chi connectivity index (χ1) is 9.19. The number of para-hydroxylation sites is 1. The van der Waals surface area contributed by atoms with Crippen molar-refractivity contribution in [3.05, 3.63) is 43.0 Å². The maximum atomic E-state index is 5.41. The molecule has 1 aromatic rings. The highest BCUT2D eigenvalue weighted by molar-refractivity contribution is 6.60. The van der Waals surface area contributed by atoms with Crippen LogP contribution in [0.25, 0.3) is 0 Å². The van der Waals surface area contributed by atoms with Crippen LogP contribution in [0.3, 0.4) is 0 Å². The van der Waals surface area contributed by atoms with Crippen LogP contribution in [0.2, 0.25) is 6.04 Å². The predicted molar refractivity (Wildman–Crippen MR) is 80.3 cm³/mol. The van der Waals surface area contributed by atoms with Gasteiger partial charge in [0, 0.05) is 39.1 Å². The van der Waals surface area contributed by atoms with Crippen molar-refractivity contribution in [3.8, 4) is 0 Å². The molecule has 0 aromatic heterocycles. The van der Waals surface area contributed by atoms with Gasteiger partial charge in [-0.2, -0.15) is 0 Å². The van der Waals surface area contributed by atoms with Gasteiger partial charge in [0.25, 0.3) is 0 Å². The third-order valence-corrected chi connectivity index (χ3v) is 5.87. The maximum Gasteiger partial charge on any atom is 0.500 e. The monoisotopic (exact) mass is 281 g/mol. The molecule has 4 nitrogen and oxygen atoms in total. The van der Waals surface area contributed by atoms with Gasteiger partial charge in [-0.1, -0.05) is 24.3 Å². The molecule has 0 saturated carbocycles. The number of benzene rings is 1. The van der Waals surface area contributed by atoms with Crippen molar-refractivity contribution < 1.29 is 13.3 Å². The topological polar surface area (TPSA) is 39.7 Å². The summed E-state index contributed by atoms with van der Waals surface area (Å²) in [5, 5.41) is 3.41. The van der Waals surface area contributed by atoms with E-state index in [2.05, 4.69) is 11.9 Å². The third kappa shape index (κ3) is 4.79. The minimum Gasteiger partial charge on any atom is -0.379 e. The highest BCUT2D eigenvalue weighted by Gasteiger charge is 2.37. The molecule has 1 unspecified atom stereocenters. The van der Waals surface area contributed by atoms with Crippen molar-refractivity contribution in [1.29, 1.82) is 0 Å². The number of hydrogen-bond acceptors (Lipinski definition) is 4. The summed E-state index contributed by atoms with van der Waals surface area (Å²) in [5.41, 5.74) is 1.08. The van der Waals surface area contributed by atoms with E-state index in [0.717, 1.165) is 18.2 Å². The Morgan fingerprint density at radius 3 is 2.21 bits per heavy atom. The van der Waals surface area contributed by atoms with Crippen LogP contribution < -0.4 is 5.32 Å². The molecule has 0 bridgehead atoms. The minimum absolute atomic E-state index is 0.162. The van der Waals surface area contributed by atoms with Gasteiger partial charge in [-0.15, -0.1) is 6.58 Å². The van der Waals surface area contributed by atoms with Gasteiger partial charge in [0.2, 0.25) is 0 Å². The van der Waals surface area contributed by atoms with Crippen LogP contribution in [-0.2, 0) is 13.3 Å². The molecule has 1 atom stereocenters. The number of hydrogen-bond donors (Lipinski definition) is 1.